The second-order valence-electron chi connectivity index (χ2n) is 4.85. The van der Waals surface area contributed by atoms with Crippen LogP contribution >= 0.6 is 0 Å². The average molecular weight is 253 g/mol. The Bertz CT molecular complexity index is 415. The minimum absolute atomic E-state index is 0.0529. The standard InChI is InChI=1S/C13H19NO4/c1-8(11-6-7-12(18-11)13(16)17)14-9-4-2-3-5-10(9)15/h6-10,14-15H,2-5H2,1H3,(H,16,17). The molecule has 0 radical (unpaired) electrons. The van der Waals surface area contributed by atoms with Gasteiger partial charge in [0.1, 0.15) is 5.76 Å². The second-order valence-corrected chi connectivity index (χ2v) is 4.85. The highest BCUT2D eigenvalue weighted by atomic mass is 16.4. The summed E-state index contributed by atoms with van der Waals surface area (Å²) in [6.45, 7) is 1.91. The average Bonchev–Trinajstić information content (AvgIpc) is 2.81. The van der Waals surface area contributed by atoms with Crippen LogP contribution in [0.4, 0.5) is 0 Å². The van der Waals surface area contributed by atoms with Crippen molar-refractivity contribution in [2.24, 2.45) is 0 Å². The normalized spacial score (nSPS) is 25.9. The third-order valence-corrected chi connectivity index (χ3v) is 3.46. The molecule has 2 rings (SSSR count). The number of carboxylic acid groups (broad SMARTS) is 1. The van der Waals surface area contributed by atoms with Gasteiger partial charge >= 0.3 is 5.97 Å². The van der Waals surface area contributed by atoms with E-state index in [9.17, 15) is 9.90 Å². The molecule has 1 aliphatic rings. The van der Waals surface area contributed by atoms with E-state index in [2.05, 4.69) is 5.32 Å². The van der Waals surface area contributed by atoms with Crippen molar-refractivity contribution in [2.75, 3.05) is 0 Å². The third-order valence-electron chi connectivity index (χ3n) is 3.46. The lowest BCUT2D eigenvalue weighted by molar-refractivity contribution is 0.0655. The summed E-state index contributed by atoms with van der Waals surface area (Å²) in [5.74, 6) is -0.529. The van der Waals surface area contributed by atoms with Gasteiger partial charge in [-0.2, -0.15) is 0 Å². The molecule has 1 saturated carbocycles. The fraction of sp³-hybridized carbons (Fsp3) is 0.615. The van der Waals surface area contributed by atoms with E-state index in [0.29, 0.717) is 5.76 Å². The van der Waals surface area contributed by atoms with E-state index in [1.807, 2.05) is 6.92 Å². The van der Waals surface area contributed by atoms with Gasteiger partial charge < -0.3 is 19.9 Å². The Hall–Kier alpha value is -1.33. The molecule has 0 amide bonds. The number of aliphatic hydroxyl groups excluding tert-OH is 1. The Kier molecular flexibility index (Phi) is 4.04. The SMILES string of the molecule is CC(NC1CCCCC1O)c1ccc(C(=O)O)o1. The number of carbonyl (C=O) groups is 1. The highest BCUT2D eigenvalue weighted by Gasteiger charge is 2.25. The van der Waals surface area contributed by atoms with Gasteiger partial charge in [-0.05, 0) is 31.9 Å². The zero-order valence-corrected chi connectivity index (χ0v) is 10.4. The molecule has 5 nitrogen and oxygen atoms in total. The van der Waals surface area contributed by atoms with Crippen molar-refractivity contribution in [3.8, 4) is 0 Å². The van der Waals surface area contributed by atoms with E-state index in [0.717, 1.165) is 25.7 Å². The fourth-order valence-electron chi connectivity index (χ4n) is 2.41. The van der Waals surface area contributed by atoms with Crippen LogP contribution in [0.3, 0.4) is 0 Å². The zero-order valence-electron chi connectivity index (χ0n) is 10.4. The number of nitrogens with one attached hydrogen (secondary N) is 1. The van der Waals surface area contributed by atoms with Gasteiger partial charge in [0, 0.05) is 6.04 Å². The highest BCUT2D eigenvalue weighted by molar-refractivity contribution is 5.84. The van der Waals surface area contributed by atoms with Crippen LogP contribution in [0.25, 0.3) is 0 Å². The first-order valence-corrected chi connectivity index (χ1v) is 6.35. The van der Waals surface area contributed by atoms with Crippen LogP contribution < -0.4 is 5.32 Å². The first kappa shape index (κ1) is 13.1. The highest BCUT2D eigenvalue weighted by Crippen LogP contribution is 2.23. The molecule has 0 aromatic carbocycles. The first-order chi connectivity index (χ1) is 8.58. The van der Waals surface area contributed by atoms with Crippen LogP contribution in [0.2, 0.25) is 0 Å². The molecule has 0 bridgehead atoms. The van der Waals surface area contributed by atoms with Gasteiger partial charge in [-0.25, -0.2) is 4.79 Å². The molecule has 3 unspecified atom stereocenters. The van der Waals surface area contributed by atoms with E-state index in [4.69, 9.17) is 9.52 Å². The maximum Gasteiger partial charge on any atom is 0.371 e. The molecule has 18 heavy (non-hydrogen) atoms. The summed E-state index contributed by atoms with van der Waals surface area (Å²) in [5.41, 5.74) is 0. The minimum Gasteiger partial charge on any atom is -0.475 e. The van der Waals surface area contributed by atoms with E-state index in [1.54, 1.807) is 6.07 Å². The largest absolute Gasteiger partial charge is 0.475 e. The molecule has 0 spiro atoms. The number of carboxylic acids is 1. The second kappa shape index (κ2) is 5.54. The lowest BCUT2D eigenvalue weighted by Gasteiger charge is -2.30. The summed E-state index contributed by atoms with van der Waals surface area (Å²) in [6, 6.07) is 3.08. The van der Waals surface area contributed by atoms with Crippen molar-refractivity contribution < 1.29 is 19.4 Å². The van der Waals surface area contributed by atoms with Gasteiger partial charge in [0.15, 0.2) is 0 Å². The number of aliphatic hydroxyl groups is 1. The van der Waals surface area contributed by atoms with E-state index < -0.39 is 5.97 Å². The van der Waals surface area contributed by atoms with Crippen LogP contribution in [0.5, 0.6) is 0 Å². The number of furan rings is 1. The summed E-state index contributed by atoms with van der Waals surface area (Å²) in [5, 5.41) is 22.0. The first-order valence-electron chi connectivity index (χ1n) is 6.35. The van der Waals surface area contributed by atoms with E-state index >= 15 is 0 Å². The predicted octanol–water partition coefficient (Wildman–Crippen LogP) is 1.93. The lowest BCUT2D eigenvalue weighted by atomic mass is 9.92. The molecule has 1 aromatic rings. The van der Waals surface area contributed by atoms with Crippen molar-refractivity contribution >= 4 is 5.97 Å². The van der Waals surface area contributed by atoms with Crippen LogP contribution in [0, 0.1) is 0 Å². The van der Waals surface area contributed by atoms with Gasteiger partial charge in [-0.1, -0.05) is 12.8 Å². The van der Waals surface area contributed by atoms with Crippen molar-refractivity contribution in [3.63, 3.8) is 0 Å². The third kappa shape index (κ3) is 2.91. The molecule has 3 N–H and O–H groups in total. The molecule has 0 saturated heterocycles. The van der Waals surface area contributed by atoms with Gasteiger partial charge in [-0.15, -0.1) is 0 Å². The summed E-state index contributed by atoms with van der Waals surface area (Å²) >= 11 is 0. The summed E-state index contributed by atoms with van der Waals surface area (Å²) in [7, 11) is 0. The van der Waals surface area contributed by atoms with Crippen LogP contribution in [-0.4, -0.2) is 28.3 Å². The molecule has 0 aliphatic heterocycles. The maximum absolute atomic E-state index is 10.7. The predicted molar refractivity (Wildman–Crippen MR) is 65.5 cm³/mol. The fourth-order valence-corrected chi connectivity index (χ4v) is 2.41. The van der Waals surface area contributed by atoms with E-state index in [1.165, 1.54) is 6.07 Å². The zero-order chi connectivity index (χ0) is 13.1. The lowest BCUT2D eigenvalue weighted by Crippen LogP contribution is -2.43. The Labute approximate surface area is 106 Å². The van der Waals surface area contributed by atoms with Crippen molar-refractivity contribution in [1.29, 1.82) is 0 Å². The Balaban J connectivity index is 1.97. The van der Waals surface area contributed by atoms with Gasteiger partial charge in [0.05, 0.1) is 12.1 Å². The van der Waals surface area contributed by atoms with Crippen molar-refractivity contribution in [3.05, 3.63) is 23.7 Å². The molecule has 5 heteroatoms. The maximum atomic E-state index is 10.7. The monoisotopic (exact) mass is 253 g/mol. The van der Waals surface area contributed by atoms with Gasteiger partial charge in [0.25, 0.3) is 0 Å². The molecule has 1 aromatic heterocycles. The molecule has 1 fully saturated rings. The number of rotatable bonds is 4. The number of hydrogen-bond donors (Lipinski definition) is 3. The Morgan fingerprint density at radius 1 is 1.44 bits per heavy atom. The molecule has 100 valence electrons. The molecule has 1 heterocycles. The summed E-state index contributed by atoms with van der Waals surface area (Å²) in [6.07, 6.45) is 3.62. The molecule has 1 aliphatic carbocycles. The van der Waals surface area contributed by atoms with Crippen LogP contribution in [0.1, 0.15) is 55.0 Å². The topological polar surface area (TPSA) is 82.7 Å². The van der Waals surface area contributed by atoms with Crippen LogP contribution in [0.15, 0.2) is 16.5 Å². The Morgan fingerprint density at radius 2 is 2.17 bits per heavy atom. The number of hydrogen-bond acceptors (Lipinski definition) is 4. The minimum atomic E-state index is -1.06. The van der Waals surface area contributed by atoms with Crippen LogP contribution in [-0.2, 0) is 0 Å². The quantitative estimate of drug-likeness (QED) is 0.763. The van der Waals surface area contributed by atoms with Crippen molar-refractivity contribution in [2.45, 2.75) is 50.8 Å². The van der Waals surface area contributed by atoms with Gasteiger partial charge in [-0.3, -0.25) is 0 Å². The van der Waals surface area contributed by atoms with E-state index in [-0.39, 0.29) is 23.9 Å². The number of aromatic carboxylic acids is 1. The summed E-state index contributed by atoms with van der Waals surface area (Å²) in [4.78, 5) is 10.7. The molecular weight excluding hydrogens is 234 g/mol. The smallest absolute Gasteiger partial charge is 0.371 e. The Morgan fingerprint density at radius 3 is 2.78 bits per heavy atom. The molecular formula is C13H19NO4. The van der Waals surface area contributed by atoms with Crippen molar-refractivity contribution in [1.82, 2.24) is 5.32 Å². The van der Waals surface area contributed by atoms with Gasteiger partial charge in [0.2, 0.25) is 5.76 Å². The summed E-state index contributed by atoms with van der Waals surface area (Å²) < 4.78 is 5.24. The molecule has 3 atom stereocenters.